The van der Waals surface area contributed by atoms with Crippen molar-refractivity contribution < 1.29 is 14.3 Å². The van der Waals surface area contributed by atoms with Crippen LogP contribution in [0.5, 0.6) is 11.5 Å². The van der Waals surface area contributed by atoms with E-state index in [4.69, 9.17) is 9.47 Å². The lowest BCUT2D eigenvalue weighted by Gasteiger charge is -2.27. The van der Waals surface area contributed by atoms with Gasteiger partial charge in [-0.15, -0.1) is 11.3 Å². The van der Waals surface area contributed by atoms with Crippen molar-refractivity contribution in [1.82, 2.24) is 5.32 Å². The van der Waals surface area contributed by atoms with E-state index in [-0.39, 0.29) is 11.9 Å². The van der Waals surface area contributed by atoms with Gasteiger partial charge in [0.25, 0.3) is 5.91 Å². The van der Waals surface area contributed by atoms with Crippen molar-refractivity contribution in [3.05, 3.63) is 88.8 Å². The lowest BCUT2D eigenvalue weighted by molar-refractivity contribution is 0.0946. The second-order valence-corrected chi connectivity index (χ2v) is 9.29. The fourth-order valence-corrected chi connectivity index (χ4v) is 5.57. The van der Waals surface area contributed by atoms with Crippen molar-refractivity contribution in [2.24, 2.45) is 0 Å². The molecule has 1 unspecified atom stereocenters. The molecule has 0 saturated heterocycles. The van der Waals surface area contributed by atoms with Gasteiger partial charge in [-0.05, 0) is 47.9 Å². The van der Waals surface area contributed by atoms with Gasteiger partial charge in [0.2, 0.25) is 0 Å². The van der Waals surface area contributed by atoms with E-state index in [0.717, 1.165) is 44.1 Å². The number of carbonyl (C=O) groups excluding carboxylic acids is 1. The number of hydrogen-bond acceptors (Lipinski definition) is 5. The van der Waals surface area contributed by atoms with Gasteiger partial charge in [0, 0.05) is 23.2 Å². The molecule has 4 aromatic rings. The number of amides is 1. The molecule has 0 bridgehead atoms. The molecule has 0 aliphatic carbocycles. The van der Waals surface area contributed by atoms with Crippen molar-refractivity contribution in [1.29, 1.82) is 0 Å². The van der Waals surface area contributed by atoms with Crippen molar-refractivity contribution >= 4 is 33.0 Å². The molecule has 3 aromatic carbocycles. The molecule has 0 spiro atoms. The molecule has 0 saturated carbocycles. The quantitative estimate of drug-likeness (QED) is 0.427. The van der Waals surface area contributed by atoms with E-state index in [2.05, 4.69) is 34.5 Å². The number of ether oxygens (including phenoxy) is 2. The van der Waals surface area contributed by atoms with E-state index in [1.807, 2.05) is 48.5 Å². The number of thiophene rings is 1. The number of anilines is 1. The molecule has 5 rings (SSSR count). The zero-order valence-electron chi connectivity index (χ0n) is 18.7. The van der Waals surface area contributed by atoms with Crippen LogP contribution < -0.4 is 19.7 Å². The molecular weight excluding hydrogens is 432 g/mol. The van der Waals surface area contributed by atoms with Gasteiger partial charge in [-0.3, -0.25) is 4.79 Å². The number of fused-ring (bicyclic) bond motifs is 3. The van der Waals surface area contributed by atoms with Gasteiger partial charge in [-0.2, -0.15) is 0 Å². The summed E-state index contributed by atoms with van der Waals surface area (Å²) < 4.78 is 12.0. The summed E-state index contributed by atoms with van der Waals surface area (Å²) in [6, 6.07) is 24.4. The Labute approximate surface area is 197 Å². The van der Waals surface area contributed by atoms with Crippen LogP contribution in [0.4, 0.5) is 5.69 Å². The maximum absolute atomic E-state index is 13.4. The van der Waals surface area contributed by atoms with Crippen LogP contribution in [0.25, 0.3) is 10.1 Å². The summed E-state index contributed by atoms with van der Waals surface area (Å²) in [5.41, 5.74) is 3.32. The molecule has 1 aliphatic heterocycles. The second kappa shape index (κ2) is 9.16. The maximum Gasteiger partial charge on any atom is 0.263 e. The Kier molecular flexibility index (Phi) is 5.92. The van der Waals surface area contributed by atoms with Crippen molar-refractivity contribution in [3.8, 4) is 11.5 Å². The van der Waals surface area contributed by atoms with E-state index in [1.54, 1.807) is 14.2 Å². The standard InChI is InChI=1S/C27H26N2O3S/c1-31-21-10-6-9-19(14-21)16-29-17-20(13-18-7-4-3-5-8-18)28-27(30)26-25(29)23-15-22(32-2)11-12-24(23)33-26/h3-12,14-15,20H,13,16-17H2,1-2H3,(H,28,30). The smallest absolute Gasteiger partial charge is 0.263 e. The van der Waals surface area contributed by atoms with Gasteiger partial charge in [-0.25, -0.2) is 0 Å². The largest absolute Gasteiger partial charge is 0.497 e. The summed E-state index contributed by atoms with van der Waals surface area (Å²) in [4.78, 5) is 16.4. The summed E-state index contributed by atoms with van der Waals surface area (Å²) in [6.07, 6.45) is 0.775. The fourth-order valence-electron chi connectivity index (χ4n) is 4.46. The molecule has 6 heteroatoms. The van der Waals surface area contributed by atoms with Crippen LogP contribution in [-0.4, -0.2) is 32.7 Å². The SMILES string of the molecule is COc1cccc(CN2CC(Cc3ccccc3)NC(=O)c3sc4ccc(OC)cc4c32)c1. The van der Waals surface area contributed by atoms with Gasteiger partial charge >= 0.3 is 0 Å². The van der Waals surface area contributed by atoms with Crippen molar-refractivity contribution in [2.75, 3.05) is 25.7 Å². The lowest BCUT2D eigenvalue weighted by atomic mass is 10.0. The first-order chi connectivity index (χ1) is 16.1. The Morgan fingerprint density at radius 1 is 0.939 bits per heavy atom. The number of benzene rings is 3. The van der Waals surface area contributed by atoms with Crippen molar-refractivity contribution in [2.45, 2.75) is 19.0 Å². The van der Waals surface area contributed by atoms with E-state index in [0.29, 0.717) is 13.1 Å². The Morgan fingerprint density at radius 2 is 1.70 bits per heavy atom. The molecule has 168 valence electrons. The van der Waals surface area contributed by atoms with Crippen LogP contribution in [0.15, 0.2) is 72.8 Å². The summed E-state index contributed by atoms with van der Waals surface area (Å²) in [7, 11) is 3.35. The number of nitrogens with zero attached hydrogens (tertiary/aromatic N) is 1. The first kappa shape index (κ1) is 21.3. The van der Waals surface area contributed by atoms with Crippen LogP contribution in [0.1, 0.15) is 20.8 Å². The third kappa shape index (κ3) is 4.39. The van der Waals surface area contributed by atoms with Gasteiger partial charge in [0.15, 0.2) is 0 Å². The van der Waals surface area contributed by atoms with Gasteiger partial charge in [-0.1, -0.05) is 42.5 Å². The third-order valence-electron chi connectivity index (χ3n) is 6.00. The molecular formula is C27H26N2O3S. The van der Waals surface area contributed by atoms with Crippen LogP contribution >= 0.6 is 11.3 Å². The fraction of sp³-hybridized carbons (Fsp3) is 0.222. The highest BCUT2D eigenvalue weighted by molar-refractivity contribution is 7.21. The van der Waals surface area contributed by atoms with E-state index in [9.17, 15) is 4.79 Å². The zero-order chi connectivity index (χ0) is 22.8. The number of hydrogen-bond donors (Lipinski definition) is 1. The summed E-state index contributed by atoms with van der Waals surface area (Å²) >= 11 is 1.54. The van der Waals surface area contributed by atoms with Crippen LogP contribution in [0, 0.1) is 0 Å². The van der Waals surface area contributed by atoms with Crippen molar-refractivity contribution in [3.63, 3.8) is 0 Å². The topological polar surface area (TPSA) is 50.8 Å². The average molecular weight is 459 g/mol. The number of carbonyl (C=O) groups is 1. The molecule has 5 nitrogen and oxygen atoms in total. The van der Waals surface area contributed by atoms with Gasteiger partial charge < -0.3 is 19.7 Å². The van der Waals surface area contributed by atoms with Crippen LogP contribution in [0.3, 0.4) is 0 Å². The predicted octanol–water partition coefficient (Wildman–Crippen LogP) is 5.28. The average Bonchev–Trinajstić information content (AvgIpc) is 3.17. The van der Waals surface area contributed by atoms with Gasteiger partial charge in [0.1, 0.15) is 16.4 Å². The normalized spacial score (nSPS) is 15.6. The molecule has 33 heavy (non-hydrogen) atoms. The summed E-state index contributed by atoms with van der Waals surface area (Å²) in [5, 5.41) is 4.33. The molecule has 0 fully saturated rings. The minimum Gasteiger partial charge on any atom is -0.497 e. The monoisotopic (exact) mass is 458 g/mol. The van der Waals surface area contributed by atoms with E-state index in [1.165, 1.54) is 16.9 Å². The Hall–Kier alpha value is -3.51. The number of nitrogens with one attached hydrogen (secondary N) is 1. The first-order valence-electron chi connectivity index (χ1n) is 11.0. The Balaban J connectivity index is 1.58. The van der Waals surface area contributed by atoms with E-state index >= 15 is 0 Å². The molecule has 1 aromatic heterocycles. The van der Waals surface area contributed by atoms with E-state index < -0.39 is 0 Å². The molecule has 1 atom stereocenters. The Morgan fingerprint density at radius 3 is 2.48 bits per heavy atom. The highest BCUT2D eigenvalue weighted by Gasteiger charge is 2.30. The highest BCUT2D eigenvalue weighted by atomic mass is 32.1. The van der Waals surface area contributed by atoms with Gasteiger partial charge in [0.05, 0.1) is 25.9 Å². The second-order valence-electron chi connectivity index (χ2n) is 8.23. The molecule has 0 radical (unpaired) electrons. The van der Waals surface area contributed by atoms with Crippen LogP contribution in [-0.2, 0) is 13.0 Å². The molecule has 1 N–H and O–H groups in total. The summed E-state index contributed by atoms with van der Waals surface area (Å²) in [6.45, 7) is 1.38. The first-order valence-corrected chi connectivity index (χ1v) is 11.8. The van der Waals surface area contributed by atoms with Crippen LogP contribution in [0.2, 0.25) is 0 Å². The number of rotatable bonds is 6. The molecule has 2 heterocycles. The Bertz CT molecular complexity index is 1290. The molecule has 1 amide bonds. The minimum atomic E-state index is -0.0146. The maximum atomic E-state index is 13.4. The molecule has 1 aliphatic rings. The predicted molar refractivity (Wildman–Crippen MR) is 134 cm³/mol. The third-order valence-corrected chi connectivity index (χ3v) is 7.16. The summed E-state index contributed by atoms with van der Waals surface area (Å²) in [5.74, 6) is 1.60. The zero-order valence-corrected chi connectivity index (χ0v) is 19.5. The highest BCUT2D eigenvalue weighted by Crippen LogP contribution is 2.42. The lowest BCUT2D eigenvalue weighted by Crippen LogP contribution is -2.42. The number of methoxy groups -OCH3 is 2. The minimum absolute atomic E-state index is 0.00855.